The van der Waals surface area contributed by atoms with Gasteiger partial charge in [0, 0.05) is 13.0 Å². The molecule has 1 fully saturated rings. The van der Waals surface area contributed by atoms with Crippen molar-refractivity contribution in [3.63, 3.8) is 0 Å². The van der Waals surface area contributed by atoms with Crippen molar-refractivity contribution in [3.05, 3.63) is 29.0 Å². The Morgan fingerprint density at radius 3 is 2.80 bits per heavy atom. The SMILES string of the molecule is CCCn1c(CC2(CN)CCC2)nc2cccc(Cl)c21. The number of para-hydroxylation sites is 1. The van der Waals surface area contributed by atoms with Crippen molar-refractivity contribution in [1.82, 2.24) is 9.55 Å². The summed E-state index contributed by atoms with van der Waals surface area (Å²) < 4.78 is 2.30. The monoisotopic (exact) mass is 291 g/mol. The highest BCUT2D eigenvalue weighted by Crippen LogP contribution is 2.43. The summed E-state index contributed by atoms with van der Waals surface area (Å²) in [7, 11) is 0. The number of hydrogen-bond donors (Lipinski definition) is 1. The molecule has 0 bridgehead atoms. The number of imidazole rings is 1. The molecule has 108 valence electrons. The molecular formula is C16H22ClN3. The third-order valence-corrected chi connectivity index (χ3v) is 4.93. The lowest BCUT2D eigenvalue weighted by molar-refractivity contribution is 0.140. The fourth-order valence-corrected chi connectivity index (χ4v) is 3.53. The van der Waals surface area contributed by atoms with Gasteiger partial charge in [-0.1, -0.05) is 31.0 Å². The molecular weight excluding hydrogens is 270 g/mol. The number of nitrogens with two attached hydrogens (primary N) is 1. The maximum atomic E-state index is 6.38. The van der Waals surface area contributed by atoms with Crippen LogP contribution in [0.15, 0.2) is 18.2 Å². The molecule has 0 radical (unpaired) electrons. The fraction of sp³-hybridized carbons (Fsp3) is 0.562. The molecule has 1 saturated carbocycles. The molecule has 0 saturated heterocycles. The van der Waals surface area contributed by atoms with Gasteiger partial charge in [0.1, 0.15) is 5.82 Å². The molecule has 0 amide bonds. The predicted octanol–water partition coefficient (Wildman–Crippen LogP) is 3.77. The van der Waals surface area contributed by atoms with Gasteiger partial charge in [-0.05, 0) is 43.4 Å². The Balaban J connectivity index is 2.05. The van der Waals surface area contributed by atoms with Crippen molar-refractivity contribution >= 4 is 22.6 Å². The minimum atomic E-state index is 0.277. The molecule has 1 heterocycles. The van der Waals surface area contributed by atoms with Crippen LogP contribution in [0.2, 0.25) is 5.02 Å². The maximum absolute atomic E-state index is 6.38. The summed E-state index contributed by atoms with van der Waals surface area (Å²) in [4.78, 5) is 4.83. The quantitative estimate of drug-likeness (QED) is 0.911. The first-order valence-corrected chi connectivity index (χ1v) is 7.90. The molecule has 20 heavy (non-hydrogen) atoms. The van der Waals surface area contributed by atoms with Gasteiger partial charge in [-0.2, -0.15) is 0 Å². The van der Waals surface area contributed by atoms with Crippen molar-refractivity contribution in [2.24, 2.45) is 11.1 Å². The molecule has 4 heteroatoms. The highest BCUT2D eigenvalue weighted by atomic mass is 35.5. The molecule has 3 rings (SSSR count). The summed E-state index contributed by atoms with van der Waals surface area (Å²) in [5.41, 5.74) is 8.37. The first-order chi connectivity index (χ1) is 9.69. The first-order valence-electron chi connectivity index (χ1n) is 7.53. The number of halogens is 1. The normalized spacial score (nSPS) is 17.4. The average Bonchev–Trinajstić information content (AvgIpc) is 2.74. The molecule has 1 aromatic carbocycles. The van der Waals surface area contributed by atoms with Crippen LogP contribution in [-0.4, -0.2) is 16.1 Å². The van der Waals surface area contributed by atoms with E-state index in [1.807, 2.05) is 18.2 Å². The van der Waals surface area contributed by atoms with E-state index >= 15 is 0 Å². The number of hydrogen-bond acceptors (Lipinski definition) is 2. The van der Waals surface area contributed by atoms with Gasteiger partial charge in [-0.3, -0.25) is 0 Å². The van der Waals surface area contributed by atoms with E-state index in [2.05, 4.69) is 11.5 Å². The van der Waals surface area contributed by atoms with Gasteiger partial charge < -0.3 is 10.3 Å². The summed E-state index contributed by atoms with van der Waals surface area (Å²) >= 11 is 6.38. The minimum Gasteiger partial charge on any atom is -0.330 e. The van der Waals surface area contributed by atoms with Crippen LogP contribution >= 0.6 is 11.6 Å². The first kappa shape index (κ1) is 13.9. The second-order valence-corrected chi connectivity index (χ2v) is 6.43. The van der Waals surface area contributed by atoms with E-state index < -0.39 is 0 Å². The third kappa shape index (κ3) is 2.23. The van der Waals surface area contributed by atoms with Crippen molar-refractivity contribution in [2.75, 3.05) is 6.54 Å². The topological polar surface area (TPSA) is 43.8 Å². The molecule has 0 unspecified atom stereocenters. The number of aromatic nitrogens is 2. The van der Waals surface area contributed by atoms with Crippen LogP contribution in [-0.2, 0) is 13.0 Å². The summed E-state index contributed by atoms with van der Waals surface area (Å²) in [5, 5.41) is 0.796. The smallest absolute Gasteiger partial charge is 0.110 e. The highest BCUT2D eigenvalue weighted by molar-refractivity contribution is 6.35. The average molecular weight is 292 g/mol. The minimum absolute atomic E-state index is 0.277. The predicted molar refractivity (Wildman–Crippen MR) is 84.1 cm³/mol. The largest absolute Gasteiger partial charge is 0.330 e. The Labute approximate surface area is 125 Å². The van der Waals surface area contributed by atoms with Crippen LogP contribution in [0, 0.1) is 5.41 Å². The summed E-state index contributed by atoms with van der Waals surface area (Å²) in [6.45, 7) is 3.92. The van der Waals surface area contributed by atoms with E-state index in [9.17, 15) is 0 Å². The van der Waals surface area contributed by atoms with Crippen LogP contribution in [0.5, 0.6) is 0 Å². The van der Waals surface area contributed by atoms with E-state index in [4.69, 9.17) is 22.3 Å². The molecule has 3 nitrogen and oxygen atoms in total. The Morgan fingerprint density at radius 1 is 1.40 bits per heavy atom. The van der Waals surface area contributed by atoms with Crippen LogP contribution in [0.3, 0.4) is 0 Å². The van der Waals surface area contributed by atoms with Gasteiger partial charge in [0.05, 0.1) is 16.1 Å². The summed E-state index contributed by atoms with van der Waals surface area (Å²) in [6.07, 6.45) is 5.82. The molecule has 0 aliphatic heterocycles. The van der Waals surface area contributed by atoms with Gasteiger partial charge in [0.2, 0.25) is 0 Å². The zero-order chi connectivity index (χ0) is 14.2. The Kier molecular flexibility index (Phi) is 3.74. The lowest BCUT2D eigenvalue weighted by atomic mass is 9.66. The Bertz CT molecular complexity index is 608. The van der Waals surface area contributed by atoms with Crippen LogP contribution in [0.1, 0.15) is 38.4 Å². The number of nitrogens with zero attached hydrogens (tertiary/aromatic N) is 2. The van der Waals surface area contributed by atoms with E-state index in [1.54, 1.807) is 0 Å². The zero-order valence-electron chi connectivity index (χ0n) is 12.0. The number of fused-ring (bicyclic) bond motifs is 1. The van der Waals surface area contributed by atoms with Crippen molar-refractivity contribution in [1.29, 1.82) is 0 Å². The summed E-state index contributed by atoms with van der Waals surface area (Å²) in [6, 6.07) is 5.97. The van der Waals surface area contributed by atoms with Crippen molar-refractivity contribution in [2.45, 2.75) is 45.6 Å². The number of benzene rings is 1. The maximum Gasteiger partial charge on any atom is 0.110 e. The molecule has 0 spiro atoms. The fourth-order valence-electron chi connectivity index (χ4n) is 3.25. The Hall–Kier alpha value is -1.06. The molecule has 1 aliphatic carbocycles. The van der Waals surface area contributed by atoms with Gasteiger partial charge in [-0.15, -0.1) is 0 Å². The molecule has 2 N–H and O–H groups in total. The van der Waals surface area contributed by atoms with E-state index in [1.165, 1.54) is 19.3 Å². The van der Waals surface area contributed by atoms with Crippen LogP contribution < -0.4 is 5.73 Å². The molecule has 1 aliphatic rings. The lowest BCUT2D eigenvalue weighted by Gasteiger charge is -2.40. The Morgan fingerprint density at radius 2 is 2.20 bits per heavy atom. The molecule has 2 aromatic rings. The lowest BCUT2D eigenvalue weighted by Crippen LogP contribution is -2.39. The van der Waals surface area contributed by atoms with Crippen LogP contribution in [0.25, 0.3) is 11.0 Å². The van der Waals surface area contributed by atoms with Gasteiger partial charge in [-0.25, -0.2) is 4.98 Å². The van der Waals surface area contributed by atoms with Gasteiger partial charge >= 0.3 is 0 Å². The summed E-state index contributed by atoms with van der Waals surface area (Å²) in [5.74, 6) is 1.15. The molecule has 0 atom stereocenters. The second-order valence-electron chi connectivity index (χ2n) is 6.02. The highest BCUT2D eigenvalue weighted by Gasteiger charge is 2.37. The zero-order valence-corrected chi connectivity index (χ0v) is 12.8. The van der Waals surface area contributed by atoms with Gasteiger partial charge in [0.15, 0.2) is 0 Å². The standard InChI is InChI=1S/C16H22ClN3/c1-2-9-20-14(10-16(11-18)7-4-8-16)19-13-6-3-5-12(17)15(13)20/h3,5-6H,2,4,7-11,18H2,1H3. The second kappa shape index (κ2) is 5.38. The van der Waals surface area contributed by atoms with E-state index in [-0.39, 0.29) is 5.41 Å². The van der Waals surface area contributed by atoms with Crippen LogP contribution in [0.4, 0.5) is 0 Å². The van der Waals surface area contributed by atoms with Crippen molar-refractivity contribution in [3.8, 4) is 0 Å². The van der Waals surface area contributed by atoms with Crippen molar-refractivity contribution < 1.29 is 0 Å². The third-order valence-electron chi connectivity index (χ3n) is 4.62. The number of aryl methyl sites for hydroxylation is 1. The van der Waals surface area contributed by atoms with E-state index in [0.29, 0.717) is 0 Å². The van der Waals surface area contributed by atoms with E-state index in [0.717, 1.165) is 47.8 Å². The van der Waals surface area contributed by atoms with Gasteiger partial charge in [0.25, 0.3) is 0 Å². The molecule has 1 aromatic heterocycles. The number of rotatable bonds is 5.